The highest BCUT2D eigenvalue weighted by atomic mass is 17.2. The lowest BCUT2D eigenvalue weighted by molar-refractivity contribution is -0.274. The van der Waals surface area contributed by atoms with Crippen molar-refractivity contribution in [3.8, 4) is 0 Å². The second-order valence-electron chi connectivity index (χ2n) is 2.33. The molecule has 0 aliphatic heterocycles. The summed E-state index contributed by atoms with van der Waals surface area (Å²) in [4.78, 5) is 19.6. The summed E-state index contributed by atoms with van der Waals surface area (Å²) < 4.78 is 4.44. The third-order valence-electron chi connectivity index (χ3n) is 1.35. The number of hydrogen-bond donors (Lipinski definition) is 1. The van der Waals surface area contributed by atoms with Gasteiger partial charge in [-0.1, -0.05) is 0 Å². The highest BCUT2D eigenvalue weighted by Crippen LogP contribution is 1.96. The van der Waals surface area contributed by atoms with Crippen molar-refractivity contribution < 1.29 is 19.3 Å². The average molecular weight is 177 g/mol. The van der Waals surface area contributed by atoms with Crippen molar-refractivity contribution in [3.63, 3.8) is 0 Å². The fourth-order valence-electron chi connectivity index (χ4n) is 0.644. The Labute approximate surface area is 71.7 Å². The Morgan fingerprint density at radius 2 is 2.17 bits per heavy atom. The Morgan fingerprint density at radius 3 is 2.67 bits per heavy atom. The first-order valence-corrected chi connectivity index (χ1v) is 3.68. The average Bonchev–Trinajstić information content (AvgIpc) is 2.10. The normalized spacial score (nSPS) is 12.6. The van der Waals surface area contributed by atoms with E-state index in [2.05, 4.69) is 14.5 Å². The molecule has 0 fully saturated rings. The topological polar surface area (TPSA) is 70.8 Å². The summed E-state index contributed by atoms with van der Waals surface area (Å²) in [6.45, 7) is 0.285. The summed E-state index contributed by atoms with van der Waals surface area (Å²) in [6.07, 6.45) is 0.848. The van der Waals surface area contributed by atoms with Crippen molar-refractivity contribution in [1.82, 2.24) is 0 Å². The molecule has 0 aliphatic rings. The van der Waals surface area contributed by atoms with Crippen LogP contribution in [-0.4, -0.2) is 32.8 Å². The fraction of sp³-hybridized carbons (Fsp3) is 0.857. The molecule has 5 nitrogen and oxygen atoms in total. The molecule has 0 bridgehead atoms. The predicted octanol–water partition coefficient (Wildman–Crippen LogP) is -0.155. The first-order chi connectivity index (χ1) is 5.70. The molecular weight excluding hydrogens is 162 g/mol. The second-order valence-corrected chi connectivity index (χ2v) is 2.33. The van der Waals surface area contributed by atoms with Gasteiger partial charge < -0.3 is 10.5 Å². The Balaban J connectivity index is 3.30. The van der Waals surface area contributed by atoms with Crippen LogP contribution in [0.1, 0.15) is 12.8 Å². The number of nitrogens with two attached hydrogens (primary N) is 1. The van der Waals surface area contributed by atoms with E-state index in [9.17, 15) is 4.79 Å². The zero-order valence-electron chi connectivity index (χ0n) is 7.41. The minimum absolute atomic E-state index is 0.191. The quantitative estimate of drug-likeness (QED) is 0.347. The van der Waals surface area contributed by atoms with Crippen LogP contribution in [-0.2, 0) is 19.3 Å². The van der Waals surface area contributed by atoms with Crippen LogP contribution in [0.5, 0.6) is 0 Å². The molecule has 0 unspecified atom stereocenters. The van der Waals surface area contributed by atoms with Gasteiger partial charge in [-0.2, -0.15) is 0 Å². The first kappa shape index (κ1) is 11.4. The van der Waals surface area contributed by atoms with Crippen LogP contribution in [0.3, 0.4) is 0 Å². The molecule has 0 aromatic rings. The zero-order chi connectivity index (χ0) is 9.40. The Kier molecular flexibility index (Phi) is 6.64. The third-order valence-corrected chi connectivity index (χ3v) is 1.35. The lowest BCUT2D eigenvalue weighted by atomic mass is 10.2. The minimum atomic E-state index is -0.261. The summed E-state index contributed by atoms with van der Waals surface area (Å²) in [5, 5.41) is 0. The van der Waals surface area contributed by atoms with E-state index >= 15 is 0 Å². The molecule has 0 spiro atoms. The SMILES string of the molecule is COOC[C@@H](N)CCC(=O)OC. The van der Waals surface area contributed by atoms with Crippen LogP contribution >= 0.6 is 0 Å². The van der Waals surface area contributed by atoms with E-state index < -0.39 is 0 Å². The Morgan fingerprint density at radius 1 is 1.50 bits per heavy atom. The first-order valence-electron chi connectivity index (χ1n) is 3.68. The highest BCUT2D eigenvalue weighted by Gasteiger charge is 2.06. The predicted molar refractivity (Wildman–Crippen MR) is 42.2 cm³/mol. The lowest BCUT2D eigenvalue weighted by Crippen LogP contribution is -2.27. The van der Waals surface area contributed by atoms with E-state index in [0.29, 0.717) is 12.8 Å². The van der Waals surface area contributed by atoms with Gasteiger partial charge in [0.05, 0.1) is 20.8 Å². The van der Waals surface area contributed by atoms with Crippen LogP contribution in [0, 0.1) is 0 Å². The maximum atomic E-state index is 10.6. The number of esters is 1. The molecule has 0 radical (unpaired) electrons. The van der Waals surface area contributed by atoms with Crippen molar-refractivity contribution in [2.45, 2.75) is 18.9 Å². The second kappa shape index (κ2) is 7.02. The number of methoxy groups -OCH3 is 1. The maximum absolute atomic E-state index is 10.6. The molecule has 0 amide bonds. The molecule has 1 atom stereocenters. The van der Waals surface area contributed by atoms with Crippen LogP contribution < -0.4 is 5.73 Å². The molecule has 0 rings (SSSR count). The molecule has 0 aliphatic carbocycles. The molecular formula is C7H15NO4. The van der Waals surface area contributed by atoms with Gasteiger partial charge in [-0.25, -0.2) is 9.78 Å². The number of carbonyl (C=O) groups excluding carboxylic acids is 1. The number of ether oxygens (including phenoxy) is 1. The van der Waals surface area contributed by atoms with E-state index in [-0.39, 0.29) is 18.6 Å². The summed E-state index contributed by atoms with van der Waals surface area (Å²) in [5.41, 5.74) is 5.55. The van der Waals surface area contributed by atoms with Crippen molar-refractivity contribution in [2.75, 3.05) is 20.8 Å². The molecule has 2 N–H and O–H groups in total. The van der Waals surface area contributed by atoms with Gasteiger partial charge in [-0.05, 0) is 6.42 Å². The van der Waals surface area contributed by atoms with Gasteiger partial charge in [0.2, 0.25) is 0 Å². The van der Waals surface area contributed by atoms with Gasteiger partial charge in [0.15, 0.2) is 0 Å². The van der Waals surface area contributed by atoms with E-state index in [0.717, 1.165) is 0 Å². The largest absolute Gasteiger partial charge is 0.469 e. The number of hydrogen-bond acceptors (Lipinski definition) is 5. The van der Waals surface area contributed by atoms with Crippen molar-refractivity contribution in [1.29, 1.82) is 0 Å². The van der Waals surface area contributed by atoms with Gasteiger partial charge in [0, 0.05) is 12.5 Å². The van der Waals surface area contributed by atoms with Gasteiger partial charge in [0.25, 0.3) is 0 Å². The van der Waals surface area contributed by atoms with Crippen molar-refractivity contribution in [2.24, 2.45) is 5.73 Å². The Bertz CT molecular complexity index is 129. The Hall–Kier alpha value is -0.650. The highest BCUT2D eigenvalue weighted by molar-refractivity contribution is 5.69. The standard InChI is InChI=1S/C7H15NO4/c1-10-7(9)4-3-6(8)5-12-11-2/h6H,3-5,8H2,1-2H3/t6-/m0/s1. The van der Waals surface area contributed by atoms with Gasteiger partial charge >= 0.3 is 5.97 Å². The zero-order valence-corrected chi connectivity index (χ0v) is 7.41. The lowest BCUT2D eigenvalue weighted by Gasteiger charge is -2.08. The van der Waals surface area contributed by atoms with Crippen LogP contribution in [0.4, 0.5) is 0 Å². The number of rotatable bonds is 6. The van der Waals surface area contributed by atoms with Crippen LogP contribution in [0.15, 0.2) is 0 Å². The van der Waals surface area contributed by atoms with Crippen molar-refractivity contribution >= 4 is 5.97 Å². The third kappa shape index (κ3) is 6.09. The molecule has 0 saturated heterocycles. The van der Waals surface area contributed by atoms with Gasteiger partial charge in [-0.15, -0.1) is 0 Å². The summed E-state index contributed by atoms with van der Waals surface area (Å²) >= 11 is 0. The van der Waals surface area contributed by atoms with Gasteiger partial charge in [0.1, 0.15) is 0 Å². The monoisotopic (exact) mass is 177 g/mol. The maximum Gasteiger partial charge on any atom is 0.305 e. The molecule has 0 saturated carbocycles. The summed E-state index contributed by atoms with van der Waals surface area (Å²) in [5.74, 6) is -0.261. The smallest absolute Gasteiger partial charge is 0.305 e. The van der Waals surface area contributed by atoms with Crippen molar-refractivity contribution in [3.05, 3.63) is 0 Å². The summed E-state index contributed by atoms with van der Waals surface area (Å²) in [7, 11) is 2.76. The van der Waals surface area contributed by atoms with E-state index in [1.165, 1.54) is 14.2 Å². The van der Waals surface area contributed by atoms with E-state index in [1.54, 1.807) is 0 Å². The molecule has 5 heteroatoms. The molecule has 12 heavy (non-hydrogen) atoms. The minimum Gasteiger partial charge on any atom is -0.469 e. The van der Waals surface area contributed by atoms with Crippen LogP contribution in [0.2, 0.25) is 0 Å². The molecule has 0 heterocycles. The number of carbonyl (C=O) groups is 1. The molecule has 0 aromatic carbocycles. The fourth-order valence-corrected chi connectivity index (χ4v) is 0.644. The molecule has 72 valence electrons. The van der Waals surface area contributed by atoms with E-state index in [4.69, 9.17) is 5.73 Å². The van der Waals surface area contributed by atoms with Crippen LogP contribution in [0.25, 0.3) is 0 Å². The van der Waals surface area contributed by atoms with E-state index in [1.807, 2.05) is 0 Å². The summed E-state index contributed by atoms with van der Waals surface area (Å²) in [6, 6.07) is -0.191. The van der Waals surface area contributed by atoms with Gasteiger partial charge in [-0.3, -0.25) is 4.79 Å². The molecule has 0 aromatic heterocycles.